The molecule has 0 unspecified atom stereocenters. The van der Waals surface area contributed by atoms with E-state index >= 15 is 0 Å². The summed E-state index contributed by atoms with van der Waals surface area (Å²) >= 11 is 0. The van der Waals surface area contributed by atoms with E-state index in [1.54, 1.807) is 48.5 Å². The quantitative estimate of drug-likeness (QED) is 0.722. The van der Waals surface area contributed by atoms with Crippen molar-refractivity contribution >= 4 is 17.1 Å². The summed E-state index contributed by atoms with van der Waals surface area (Å²) < 4.78 is 58.6. The fourth-order valence-corrected chi connectivity index (χ4v) is 3.13. The molecule has 0 spiro atoms. The summed E-state index contributed by atoms with van der Waals surface area (Å²) in [4.78, 5) is 12.1. The van der Waals surface area contributed by atoms with Crippen LogP contribution in [-0.4, -0.2) is 26.7 Å². The third-order valence-corrected chi connectivity index (χ3v) is 5.21. The third kappa shape index (κ3) is 7.79. The van der Waals surface area contributed by atoms with Crippen molar-refractivity contribution in [2.24, 2.45) is 0 Å². The standard InChI is InChI=1S/C19H29F3N2O3S/c1-12(23-16(25)27-17(2,3)4)15(24-28(26)18(5,6)7)13-8-10-14(11-9-13)19(20,21)22/h8-12,15,24H,1-7H3,(H,23,25)/t12-,15-,28+/m0/s1. The van der Waals surface area contributed by atoms with Gasteiger partial charge in [-0.2, -0.15) is 13.2 Å². The Hall–Kier alpha value is -1.61. The van der Waals surface area contributed by atoms with Gasteiger partial charge < -0.3 is 10.1 Å². The molecule has 3 atom stereocenters. The Labute approximate surface area is 167 Å². The number of nitrogens with one attached hydrogen (secondary N) is 2. The third-order valence-electron chi connectivity index (χ3n) is 3.63. The van der Waals surface area contributed by atoms with Crippen LogP contribution in [0.4, 0.5) is 18.0 Å². The van der Waals surface area contributed by atoms with E-state index in [9.17, 15) is 22.2 Å². The van der Waals surface area contributed by atoms with Crippen LogP contribution in [-0.2, 0) is 21.9 Å². The van der Waals surface area contributed by atoms with Crippen molar-refractivity contribution in [2.75, 3.05) is 0 Å². The number of benzene rings is 1. The van der Waals surface area contributed by atoms with Gasteiger partial charge in [0.15, 0.2) is 0 Å². The summed E-state index contributed by atoms with van der Waals surface area (Å²) in [5.41, 5.74) is -1.01. The topological polar surface area (TPSA) is 67.4 Å². The maximum absolute atomic E-state index is 12.8. The predicted octanol–water partition coefficient (Wildman–Crippen LogP) is 4.71. The van der Waals surface area contributed by atoms with Crippen molar-refractivity contribution in [3.8, 4) is 0 Å². The van der Waals surface area contributed by atoms with Crippen LogP contribution in [0, 0.1) is 0 Å². The largest absolute Gasteiger partial charge is 0.444 e. The number of halogens is 3. The molecule has 160 valence electrons. The van der Waals surface area contributed by atoms with Gasteiger partial charge in [-0.15, -0.1) is 0 Å². The monoisotopic (exact) mass is 422 g/mol. The maximum atomic E-state index is 12.8. The second-order valence-corrected chi connectivity index (χ2v) is 10.5. The predicted molar refractivity (Wildman–Crippen MR) is 104 cm³/mol. The molecule has 0 saturated carbocycles. The van der Waals surface area contributed by atoms with Gasteiger partial charge in [0.2, 0.25) is 0 Å². The van der Waals surface area contributed by atoms with Gasteiger partial charge in [-0.1, -0.05) is 12.1 Å². The number of rotatable bonds is 5. The lowest BCUT2D eigenvalue weighted by atomic mass is 10.00. The highest BCUT2D eigenvalue weighted by atomic mass is 32.2. The number of hydrogen-bond donors (Lipinski definition) is 2. The summed E-state index contributed by atoms with van der Waals surface area (Å²) in [7, 11) is -1.51. The van der Waals surface area contributed by atoms with E-state index in [-0.39, 0.29) is 0 Å². The van der Waals surface area contributed by atoms with Gasteiger partial charge in [0, 0.05) is 6.04 Å². The van der Waals surface area contributed by atoms with Crippen LogP contribution < -0.4 is 10.0 Å². The van der Waals surface area contributed by atoms with Gasteiger partial charge in [0.05, 0.1) is 27.3 Å². The maximum Gasteiger partial charge on any atom is 0.416 e. The van der Waals surface area contributed by atoms with E-state index in [4.69, 9.17) is 4.74 Å². The molecule has 9 heteroatoms. The normalized spacial score (nSPS) is 16.2. The van der Waals surface area contributed by atoms with Crippen LogP contribution in [0.25, 0.3) is 0 Å². The molecular formula is C19H29F3N2O3S. The molecule has 0 radical (unpaired) electrons. The van der Waals surface area contributed by atoms with Crippen LogP contribution in [0.2, 0.25) is 0 Å². The number of alkyl halides is 3. The zero-order valence-corrected chi connectivity index (χ0v) is 18.0. The molecule has 1 rings (SSSR count). The smallest absolute Gasteiger partial charge is 0.416 e. The molecule has 1 aromatic rings. The van der Waals surface area contributed by atoms with Crippen molar-refractivity contribution in [1.82, 2.24) is 10.0 Å². The first kappa shape index (κ1) is 24.4. The van der Waals surface area contributed by atoms with Gasteiger partial charge in [-0.05, 0) is 66.2 Å². The molecule has 0 aromatic heterocycles. The minimum atomic E-state index is -4.45. The Kier molecular flexibility index (Phi) is 7.69. The Morgan fingerprint density at radius 3 is 1.93 bits per heavy atom. The average Bonchev–Trinajstić information content (AvgIpc) is 2.48. The van der Waals surface area contributed by atoms with Crippen molar-refractivity contribution < 1.29 is 26.9 Å². The lowest BCUT2D eigenvalue weighted by Crippen LogP contribution is -2.47. The van der Waals surface area contributed by atoms with Crippen LogP contribution in [0.5, 0.6) is 0 Å². The lowest BCUT2D eigenvalue weighted by molar-refractivity contribution is -0.137. The van der Waals surface area contributed by atoms with Gasteiger partial charge in [-0.3, -0.25) is 0 Å². The molecule has 0 aliphatic heterocycles. The Morgan fingerprint density at radius 1 is 1.04 bits per heavy atom. The first-order valence-corrected chi connectivity index (χ1v) is 10.0. The van der Waals surface area contributed by atoms with Crippen LogP contribution in [0.1, 0.15) is 65.6 Å². The molecule has 2 N–H and O–H groups in total. The molecule has 0 aliphatic rings. The molecule has 0 heterocycles. The molecule has 1 aromatic carbocycles. The summed E-state index contributed by atoms with van der Waals surface area (Å²) in [6, 6.07) is 3.27. The number of amides is 1. The second-order valence-electron chi connectivity index (χ2n) is 8.53. The van der Waals surface area contributed by atoms with E-state index in [1.807, 2.05) is 0 Å². The molecule has 0 aliphatic carbocycles. The fraction of sp³-hybridized carbons (Fsp3) is 0.632. The molecule has 5 nitrogen and oxygen atoms in total. The first-order chi connectivity index (χ1) is 12.5. The Morgan fingerprint density at radius 2 is 1.54 bits per heavy atom. The van der Waals surface area contributed by atoms with E-state index in [0.717, 1.165) is 12.1 Å². The van der Waals surface area contributed by atoms with E-state index in [1.165, 1.54) is 12.1 Å². The van der Waals surface area contributed by atoms with Crippen LogP contribution >= 0.6 is 0 Å². The van der Waals surface area contributed by atoms with Gasteiger partial charge >= 0.3 is 12.3 Å². The van der Waals surface area contributed by atoms with Crippen molar-refractivity contribution in [1.29, 1.82) is 0 Å². The van der Waals surface area contributed by atoms with Crippen molar-refractivity contribution in [2.45, 2.75) is 77.1 Å². The summed E-state index contributed by atoms with van der Waals surface area (Å²) in [6.07, 6.45) is -5.11. The van der Waals surface area contributed by atoms with Gasteiger partial charge in [0.25, 0.3) is 0 Å². The molecule has 1 amide bonds. The number of carbonyl (C=O) groups excluding carboxylic acids is 1. The first-order valence-electron chi connectivity index (χ1n) is 8.85. The highest BCUT2D eigenvalue weighted by Gasteiger charge is 2.32. The van der Waals surface area contributed by atoms with Crippen LogP contribution in [0.3, 0.4) is 0 Å². The summed E-state index contributed by atoms with van der Waals surface area (Å²) in [5, 5.41) is 2.66. The number of ether oxygens (including phenoxy) is 1. The number of alkyl carbamates (subject to hydrolysis) is 1. The highest BCUT2D eigenvalue weighted by Crippen LogP contribution is 2.30. The highest BCUT2D eigenvalue weighted by molar-refractivity contribution is 7.84. The Bertz CT molecular complexity index is 692. The van der Waals surface area contributed by atoms with Crippen molar-refractivity contribution in [3.63, 3.8) is 0 Å². The van der Waals surface area contributed by atoms with E-state index in [0.29, 0.717) is 5.56 Å². The molecular weight excluding hydrogens is 393 g/mol. The van der Waals surface area contributed by atoms with E-state index in [2.05, 4.69) is 10.0 Å². The minimum Gasteiger partial charge on any atom is -0.444 e. The number of hydrogen-bond acceptors (Lipinski definition) is 3. The summed E-state index contributed by atoms with van der Waals surface area (Å²) in [6.45, 7) is 12.1. The molecule has 28 heavy (non-hydrogen) atoms. The zero-order chi connectivity index (χ0) is 21.9. The number of carbonyl (C=O) groups is 1. The average molecular weight is 423 g/mol. The minimum absolute atomic E-state index is 0.467. The summed E-state index contributed by atoms with van der Waals surface area (Å²) in [5.74, 6) is 0. The Balaban J connectivity index is 3.11. The lowest BCUT2D eigenvalue weighted by Gasteiger charge is -2.30. The van der Waals surface area contributed by atoms with Gasteiger partial charge in [0.1, 0.15) is 5.60 Å². The van der Waals surface area contributed by atoms with E-state index < -0.39 is 51.3 Å². The molecule has 0 saturated heterocycles. The second kappa shape index (κ2) is 8.82. The fourth-order valence-electron chi connectivity index (χ4n) is 2.21. The van der Waals surface area contributed by atoms with Crippen LogP contribution in [0.15, 0.2) is 24.3 Å². The van der Waals surface area contributed by atoms with Crippen molar-refractivity contribution in [3.05, 3.63) is 35.4 Å². The molecule has 0 fully saturated rings. The zero-order valence-electron chi connectivity index (χ0n) is 17.2. The van der Waals surface area contributed by atoms with Gasteiger partial charge in [-0.25, -0.2) is 13.7 Å². The SMILES string of the molecule is C[C@H](NC(=O)OC(C)(C)C)[C@H](N[S@](=O)C(C)(C)C)c1ccc(C(F)(F)F)cc1. The molecule has 0 bridgehead atoms.